The zero-order chi connectivity index (χ0) is 15.7. The van der Waals surface area contributed by atoms with Gasteiger partial charge in [-0.1, -0.05) is 0 Å². The summed E-state index contributed by atoms with van der Waals surface area (Å²) in [5.41, 5.74) is 23.0. The van der Waals surface area contributed by atoms with Crippen molar-refractivity contribution in [1.29, 1.82) is 0 Å². The molecule has 1 saturated carbocycles. The molecule has 0 bridgehead atoms. The van der Waals surface area contributed by atoms with Crippen molar-refractivity contribution in [3.8, 4) is 0 Å². The quantitative estimate of drug-likeness (QED) is 0.272. The second-order valence-corrected chi connectivity index (χ2v) is 5.83. The molecule has 9 atom stereocenters. The summed E-state index contributed by atoms with van der Waals surface area (Å²) >= 11 is 0. The fourth-order valence-corrected chi connectivity index (χ4v) is 2.81. The molecule has 2 fully saturated rings. The van der Waals surface area contributed by atoms with Gasteiger partial charge in [-0.05, 0) is 12.8 Å². The van der Waals surface area contributed by atoms with Crippen LogP contribution in [0, 0.1) is 0 Å². The summed E-state index contributed by atoms with van der Waals surface area (Å²) in [5.74, 6) is 0. The van der Waals surface area contributed by atoms with Gasteiger partial charge < -0.3 is 47.7 Å². The highest BCUT2D eigenvalue weighted by atomic mass is 16.7. The highest BCUT2D eigenvalue weighted by Gasteiger charge is 2.48. The summed E-state index contributed by atoms with van der Waals surface area (Å²) in [6.07, 6.45) is -4.47. The maximum absolute atomic E-state index is 10.1. The number of nitrogens with two attached hydrogens (primary N) is 4. The second kappa shape index (κ2) is 6.82. The predicted octanol–water partition coefficient (Wildman–Crippen LogP) is -4.09. The van der Waals surface area contributed by atoms with Crippen molar-refractivity contribution in [2.24, 2.45) is 22.9 Å². The minimum absolute atomic E-state index is 0.177. The summed E-state index contributed by atoms with van der Waals surface area (Å²) in [5, 5.41) is 29.8. The van der Waals surface area contributed by atoms with Crippen molar-refractivity contribution in [2.75, 3.05) is 6.54 Å². The Bertz CT molecular complexity index is 334. The average molecular weight is 306 g/mol. The number of hydrogen-bond donors (Lipinski definition) is 7. The molecule has 4 unspecified atom stereocenters. The summed E-state index contributed by atoms with van der Waals surface area (Å²) in [7, 11) is 0. The standard InChI is InChI=1S/C12H26N4O5/c13-3-4-1-2-5(14)12(20-4)21-11-7(16)8(17)6(15)9(18)10(11)19/h4-12,17-19H,1-3,13-16H2/t4-,5?,6+,7-,8?,9+,10?,11?,12-/m0/s1. The van der Waals surface area contributed by atoms with Crippen LogP contribution in [0.4, 0.5) is 0 Å². The molecular weight excluding hydrogens is 280 g/mol. The van der Waals surface area contributed by atoms with Crippen LogP contribution in [-0.4, -0.2) is 76.8 Å². The zero-order valence-electron chi connectivity index (χ0n) is 11.8. The van der Waals surface area contributed by atoms with Gasteiger partial charge in [0.05, 0.1) is 30.3 Å². The third-order valence-corrected chi connectivity index (χ3v) is 4.30. The van der Waals surface area contributed by atoms with Gasteiger partial charge in [0.25, 0.3) is 0 Å². The van der Waals surface area contributed by atoms with Crippen LogP contribution >= 0.6 is 0 Å². The average Bonchev–Trinajstić information content (AvgIpc) is 2.49. The Balaban J connectivity index is 2.06. The van der Waals surface area contributed by atoms with Crippen LogP contribution in [0.5, 0.6) is 0 Å². The van der Waals surface area contributed by atoms with E-state index in [1.165, 1.54) is 0 Å². The van der Waals surface area contributed by atoms with Gasteiger partial charge in [0.15, 0.2) is 6.29 Å². The lowest BCUT2D eigenvalue weighted by atomic mass is 9.82. The van der Waals surface area contributed by atoms with E-state index in [1.54, 1.807) is 0 Å². The van der Waals surface area contributed by atoms with E-state index in [0.717, 1.165) is 6.42 Å². The van der Waals surface area contributed by atoms with Crippen molar-refractivity contribution < 1.29 is 24.8 Å². The van der Waals surface area contributed by atoms with Crippen LogP contribution in [0.25, 0.3) is 0 Å². The van der Waals surface area contributed by atoms with Gasteiger partial charge in [0.2, 0.25) is 0 Å². The number of aliphatic hydroxyl groups excluding tert-OH is 3. The fourth-order valence-electron chi connectivity index (χ4n) is 2.81. The SMILES string of the molecule is NC[C@@H]1CCC(N)[C@H](OC2C(O)[C@H](O)[C@H](N)C(O)[C@@H]2N)O1. The molecule has 0 aromatic heterocycles. The molecular formula is C12H26N4O5. The molecule has 0 aromatic rings. The number of ether oxygens (including phenoxy) is 2. The highest BCUT2D eigenvalue weighted by molar-refractivity contribution is 5.03. The molecule has 9 heteroatoms. The minimum Gasteiger partial charge on any atom is -0.390 e. The van der Waals surface area contributed by atoms with E-state index in [2.05, 4.69) is 0 Å². The van der Waals surface area contributed by atoms with Crippen molar-refractivity contribution in [1.82, 2.24) is 0 Å². The molecule has 9 nitrogen and oxygen atoms in total. The molecule has 0 amide bonds. The topological polar surface area (TPSA) is 183 Å². The van der Waals surface area contributed by atoms with Gasteiger partial charge in [-0.15, -0.1) is 0 Å². The van der Waals surface area contributed by atoms with Crippen molar-refractivity contribution in [3.63, 3.8) is 0 Å². The van der Waals surface area contributed by atoms with E-state index in [0.29, 0.717) is 13.0 Å². The molecule has 0 aromatic carbocycles. The molecule has 1 aliphatic heterocycles. The van der Waals surface area contributed by atoms with Gasteiger partial charge in [0.1, 0.15) is 18.3 Å². The molecule has 1 saturated heterocycles. The molecule has 21 heavy (non-hydrogen) atoms. The second-order valence-electron chi connectivity index (χ2n) is 5.83. The minimum atomic E-state index is -1.34. The maximum atomic E-state index is 10.1. The van der Waals surface area contributed by atoms with E-state index in [4.69, 9.17) is 32.4 Å². The van der Waals surface area contributed by atoms with Crippen LogP contribution in [0.1, 0.15) is 12.8 Å². The van der Waals surface area contributed by atoms with E-state index in [9.17, 15) is 15.3 Å². The number of aliphatic hydroxyl groups is 3. The Morgan fingerprint density at radius 2 is 1.62 bits per heavy atom. The van der Waals surface area contributed by atoms with Gasteiger partial charge >= 0.3 is 0 Å². The molecule has 0 radical (unpaired) electrons. The summed E-state index contributed by atoms with van der Waals surface area (Å²) in [6, 6.07) is -2.38. The van der Waals surface area contributed by atoms with Crippen molar-refractivity contribution >= 4 is 0 Å². The third kappa shape index (κ3) is 3.36. The van der Waals surface area contributed by atoms with Crippen molar-refractivity contribution in [2.45, 2.75) is 67.8 Å². The van der Waals surface area contributed by atoms with Crippen LogP contribution in [-0.2, 0) is 9.47 Å². The lowest BCUT2D eigenvalue weighted by Crippen LogP contribution is -2.70. The summed E-state index contributed by atoms with van der Waals surface area (Å²) in [4.78, 5) is 0. The lowest BCUT2D eigenvalue weighted by molar-refractivity contribution is -0.260. The Morgan fingerprint density at radius 3 is 2.24 bits per heavy atom. The van der Waals surface area contributed by atoms with Crippen LogP contribution in [0.15, 0.2) is 0 Å². The smallest absolute Gasteiger partial charge is 0.173 e. The van der Waals surface area contributed by atoms with Gasteiger partial charge in [-0.25, -0.2) is 0 Å². The Morgan fingerprint density at radius 1 is 0.952 bits per heavy atom. The van der Waals surface area contributed by atoms with Crippen LogP contribution in [0.2, 0.25) is 0 Å². The van der Waals surface area contributed by atoms with Crippen molar-refractivity contribution in [3.05, 3.63) is 0 Å². The molecule has 11 N–H and O–H groups in total. The molecule has 1 aliphatic carbocycles. The summed E-state index contributed by atoms with van der Waals surface area (Å²) < 4.78 is 11.2. The number of hydrogen-bond acceptors (Lipinski definition) is 9. The normalized spacial score (nSPS) is 51.9. The molecule has 1 heterocycles. The first kappa shape index (κ1) is 17.0. The Hall–Kier alpha value is -0.360. The predicted molar refractivity (Wildman–Crippen MR) is 73.8 cm³/mol. The molecule has 0 spiro atoms. The first-order valence-electron chi connectivity index (χ1n) is 7.18. The first-order chi connectivity index (χ1) is 9.86. The van der Waals surface area contributed by atoms with Crippen LogP contribution in [0.3, 0.4) is 0 Å². The lowest BCUT2D eigenvalue weighted by Gasteiger charge is -2.45. The molecule has 2 rings (SSSR count). The monoisotopic (exact) mass is 306 g/mol. The molecule has 124 valence electrons. The van der Waals surface area contributed by atoms with Crippen LogP contribution < -0.4 is 22.9 Å². The maximum Gasteiger partial charge on any atom is 0.173 e. The zero-order valence-corrected chi connectivity index (χ0v) is 11.8. The van der Waals surface area contributed by atoms with E-state index in [-0.39, 0.29) is 6.10 Å². The number of rotatable bonds is 3. The van der Waals surface area contributed by atoms with Gasteiger partial charge in [-0.3, -0.25) is 0 Å². The molecule has 2 aliphatic rings. The fraction of sp³-hybridized carbons (Fsp3) is 1.00. The third-order valence-electron chi connectivity index (χ3n) is 4.30. The Labute approximate surface area is 123 Å². The van der Waals surface area contributed by atoms with Gasteiger partial charge in [0, 0.05) is 6.54 Å². The van der Waals surface area contributed by atoms with E-state index < -0.39 is 48.8 Å². The van der Waals surface area contributed by atoms with Gasteiger partial charge in [-0.2, -0.15) is 0 Å². The van der Waals surface area contributed by atoms with E-state index in [1.807, 2.05) is 0 Å². The largest absolute Gasteiger partial charge is 0.390 e. The van der Waals surface area contributed by atoms with E-state index >= 15 is 0 Å². The first-order valence-corrected chi connectivity index (χ1v) is 7.18. The highest BCUT2D eigenvalue weighted by Crippen LogP contribution is 2.26. The Kier molecular flexibility index (Phi) is 5.52. The summed E-state index contributed by atoms with van der Waals surface area (Å²) in [6.45, 7) is 0.335.